The minimum atomic E-state index is -0.280. The molecule has 1 aromatic heterocycles. The van der Waals surface area contributed by atoms with Crippen molar-refractivity contribution in [1.82, 2.24) is 4.98 Å². The van der Waals surface area contributed by atoms with Crippen molar-refractivity contribution in [2.24, 2.45) is 0 Å². The minimum absolute atomic E-state index is 0.0965. The van der Waals surface area contributed by atoms with Gasteiger partial charge in [-0.25, -0.2) is 4.39 Å². The van der Waals surface area contributed by atoms with Gasteiger partial charge in [0.1, 0.15) is 5.82 Å². The fraction of sp³-hybridized carbons (Fsp3) is 0.444. The number of rotatable bonds is 1. The van der Waals surface area contributed by atoms with Crippen LogP contribution in [-0.4, -0.2) is 4.98 Å². The Balaban J connectivity index is 3.33. The molecule has 0 N–H and O–H groups in total. The third-order valence-corrected chi connectivity index (χ3v) is 2.06. The molecule has 1 aromatic rings. The van der Waals surface area contributed by atoms with E-state index in [-0.39, 0.29) is 11.7 Å². The van der Waals surface area contributed by atoms with Crippen LogP contribution in [-0.2, 0) is 0 Å². The second kappa shape index (κ2) is 3.40. The molecule has 0 radical (unpaired) electrons. The van der Waals surface area contributed by atoms with E-state index >= 15 is 0 Å². The van der Waals surface area contributed by atoms with E-state index in [0.717, 1.165) is 0 Å². The first-order valence-corrected chi connectivity index (χ1v) is 4.22. The Morgan fingerprint density at radius 2 is 2.08 bits per heavy atom. The lowest BCUT2D eigenvalue weighted by Crippen LogP contribution is -1.99. The third kappa shape index (κ3) is 1.58. The van der Waals surface area contributed by atoms with E-state index in [0.29, 0.717) is 16.3 Å². The zero-order valence-electron chi connectivity index (χ0n) is 7.36. The Bertz CT molecular complexity index is 297. The number of hydrogen-bond acceptors (Lipinski definition) is 1. The van der Waals surface area contributed by atoms with Crippen molar-refractivity contribution in [1.29, 1.82) is 0 Å². The third-order valence-electron chi connectivity index (χ3n) is 1.76. The lowest BCUT2D eigenvalue weighted by molar-refractivity contribution is 0.581. The highest BCUT2D eigenvalue weighted by Crippen LogP contribution is 2.27. The molecule has 1 rings (SSSR count). The first kappa shape index (κ1) is 9.46. The summed E-state index contributed by atoms with van der Waals surface area (Å²) in [6, 6.07) is 0. The fourth-order valence-electron chi connectivity index (χ4n) is 1.11. The van der Waals surface area contributed by atoms with Crippen LogP contribution in [0.3, 0.4) is 0 Å². The zero-order chi connectivity index (χ0) is 9.30. The van der Waals surface area contributed by atoms with Crippen LogP contribution in [0.25, 0.3) is 0 Å². The van der Waals surface area contributed by atoms with Gasteiger partial charge in [-0.3, -0.25) is 4.98 Å². The molecule has 66 valence electrons. The number of nitrogens with zero attached hydrogens (tertiary/aromatic N) is 1. The molecular formula is C9H11ClFN. The Morgan fingerprint density at radius 1 is 1.50 bits per heavy atom. The van der Waals surface area contributed by atoms with Gasteiger partial charge in [0.05, 0.1) is 10.7 Å². The fourth-order valence-corrected chi connectivity index (χ4v) is 1.46. The van der Waals surface area contributed by atoms with Crippen LogP contribution in [0.1, 0.15) is 31.0 Å². The van der Waals surface area contributed by atoms with E-state index in [1.165, 1.54) is 6.20 Å². The number of pyridine rings is 1. The molecule has 1 nitrogen and oxygen atoms in total. The van der Waals surface area contributed by atoms with E-state index in [1.54, 1.807) is 6.92 Å². The van der Waals surface area contributed by atoms with Crippen LogP contribution in [0.2, 0.25) is 5.02 Å². The quantitative estimate of drug-likeness (QED) is 0.658. The van der Waals surface area contributed by atoms with Crippen molar-refractivity contribution in [3.05, 3.63) is 28.3 Å². The van der Waals surface area contributed by atoms with Gasteiger partial charge >= 0.3 is 0 Å². The highest BCUT2D eigenvalue weighted by molar-refractivity contribution is 6.31. The molecule has 0 aromatic carbocycles. The van der Waals surface area contributed by atoms with Gasteiger partial charge in [0, 0.05) is 11.8 Å². The number of halogens is 2. The van der Waals surface area contributed by atoms with Gasteiger partial charge in [-0.05, 0) is 12.8 Å². The van der Waals surface area contributed by atoms with Crippen LogP contribution in [0.4, 0.5) is 4.39 Å². The summed E-state index contributed by atoms with van der Waals surface area (Å²) in [5.74, 6) is -0.184. The predicted octanol–water partition coefficient (Wildman–Crippen LogP) is 3.31. The van der Waals surface area contributed by atoms with Crippen LogP contribution in [0, 0.1) is 12.7 Å². The molecule has 0 aliphatic heterocycles. The smallest absolute Gasteiger partial charge is 0.149 e. The van der Waals surface area contributed by atoms with Crippen LogP contribution < -0.4 is 0 Å². The molecule has 0 amide bonds. The Kier molecular flexibility index (Phi) is 2.68. The SMILES string of the molecule is Cc1ncc(Cl)c(C(C)C)c1F. The predicted molar refractivity (Wildman–Crippen MR) is 48.0 cm³/mol. The summed E-state index contributed by atoms with van der Waals surface area (Å²) >= 11 is 5.79. The monoisotopic (exact) mass is 187 g/mol. The molecule has 1 heterocycles. The average molecular weight is 188 g/mol. The number of hydrogen-bond donors (Lipinski definition) is 0. The molecule has 0 aliphatic carbocycles. The molecule has 0 aliphatic rings. The molecule has 3 heteroatoms. The summed E-state index contributed by atoms with van der Waals surface area (Å²) in [6.45, 7) is 5.45. The van der Waals surface area contributed by atoms with Crippen molar-refractivity contribution in [3.8, 4) is 0 Å². The van der Waals surface area contributed by atoms with E-state index < -0.39 is 0 Å². The number of aromatic nitrogens is 1. The largest absolute Gasteiger partial charge is 0.257 e. The first-order valence-electron chi connectivity index (χ1n) is 3.84. The molecule has 0 unspecified atom stereocenters. The number of aryl methyl sites for hydroxylation is 1. The molecule has 0 spiro atoms. The lowest BCUT2D eigenvalue weighted by Gasteiger charge is -2.09. The maximum absolute atomic E-state index is 13.4. The van der Waals surface area contributed by atoms with Crippen molar-refractivity contribution in [3.63, 3.8) is 0 Å². The average Bonchev–Trinajstić information content (AvgIpc) is 1.97. The summed E-state index contributed by atoms with van der Waals surface area (Å²) in [5, 5.41) is 0.410. The maximum atomic E-state index is 13.4. The molecule has 0 fully saturated rings. The highest BCUT2D eigenvalue weighted by Gasteiger charge is 2.13. The minimum Gasteiger partial charge on any atom is -0.257 e. The zero-order valence-corrected chi connectivity index (χ0v) is 8.11. The Labute approximate surface area is 76.6 Å². The van der Waals surface area contributed by atoms with Gasteiger partial charge in [0.15, 0.2) is 0 Å². The second-order valence-corrected chi connectivity index (χ2v) is 3.48. The molecule has 12 heavy (non-hydrogen) atoms. The molecular weight excluding hydrogens is 177 g/mol. The van der Waals surface area contributed by atoms with Crippen molar-refractivity contribution in [2.45, 2.75) is 26.7 Å². The lowest BCUT2D eigenvalue weighted by atomic mass is 10.0. The van der Waals surface area contributed by atoms with Crippen LogP contribution in [0.5, 0.6) is 0 Å². The van der Waals surface area contributed by atoms with Gasteiger partial charge in [0.25, 0.3) is 0 Å². The Hall–Kier alpha value is -0.630. The standard InChI is InChI=1S/C9H11ClFN/c1-5(2)8-7(10)4-12-6(3)9(8)11/h4-5H,1-3H3. The van der Waals surface area contributed by atoms with Gasteiger partial charge in [0.2, 0.25) is 0 Å². The van der Waals surface area contributed by atoms with Crippen molar-refractivity contribution < 1.29 is 4.39 Å². The highest BCUT2D eigenvalue weighted by atomic mass is 35.5. The van der Waals surface area contributed by atoms with Crippen LogP contribution in [0.15, 0.2) is 6.20 Å². The molecule has 0 bridgehead atoms. The summed E-state index contributed by atoms with van der Waals surface area (Å²) < 4.78 is 13.4. The maximum Gasteiger partial charge on any atom is 0.149 e. The Morgan fingerprint density at radius 3 is 2.50 bits per heavy atom. The molecule has 0 saturated carbocycles. The normalized spacial score (nSPS) is 10.8. The van der Waals surface area contributed by atoms with E-state index in [2.05, 4.69) is 4.98 Å². The summed E-state index contributed by atoms with van der Waals surface area (Å²) in [6.07, 6.45) is 1.50. The summed E-state index contributed by atoms with van der Waals surface area (Å²) in [5.41, 5.74) is 0.965. The van der Waals surface area contributed by atoms with E-state index in [9.17, 15) is 4.39 Å². The van der Waals surface area contributed by atoms with Gasteiger partial charge in [-0.15, -0.1) is 0 Å². The van der Waals surface area contributed by atoms with Gasteiger partial charge < -0.3 is 0 Å². The topological polar surface area (TPSA) is 12.9 Å². The van der Waals surface area contributed by atoms with Gasteiger partial charge in [-0.2, -0.15) is 0 Å². The molecule has 0 atom stereocenters. The van der Waals surface area contributed by atoms with Gasteiger partial charge in [-0.1, -0.05) is 25.4 Å². The second-order valence-electron chi connectivity index (χ2n) is 3.07. The van der Waals surface area contributed by atoms with E-state index in [1.807, 2.05) is 13.8 Å². The van der Waals surface area contributed by atoms with Crippen LogP contribution >= 0.6 is 11.6 Å². The van der Waals surface area contributed by atoms with Crippen molar-refractivity contribution >= 4 is 11.6 Å². The summed E-state index contributed by atoms with van der Waals surface area (Å²) in [4.78, 5) is 3.81. The summed E-state index contributed by atoms with van der Waals surface area (Å²) in [7, 11) is 0. The van der Waals surface area contributed by atoms with Crippen molar-refractivity contribution in [2.75, 3.05) is 0 Å². The molecule has 0 saturated heterocycles. The van der Waals surface area contributed by atoms with E-state index in [4.69, 9.17) is 11.6 Å². The first-order chi connectivity index (χ1) is 5.54.